The third-order valence-electron chi connectivity index (χ3n) is 5.41. The minimum absolute atomic E-state index is 0.640. The standard InChI is InChI=1S/C19H30N2/c1-15-7-5-8-16(2)19(15)20-18-10-6-9-17(13-18)14-21-11-3-4-12-21/h6,9-10,13,15-16,19-20H,3-5,7-8,11-12,14H2,1-2H3. The van der Waals surface area contributed by atoms with E-state index in [0.717, 1.165) is 18.4 Å². The fourth-order valence-corrected chi connectivity index (χ4v) is 4.12. The Morgan fingerprint density at radius 1 is 1.05 bits per heavy atom. The van der Waals surface area contributed by atoms with Crippen molar-refractivity contribution < 1.29 is 0 Å². The average Bonchev–Trinajstić information content (AvgIpc) is 2.96. The highest BCUT2D eigenvalue weighted by molar-refractivity contribution is 5.47. The molecular formula is C19H30N2. The molecule has 0 aromatic heterocycles. The van der Waals surface area contributed by atoms with Gasteiger partial charge in [-0.05, 0) is 68.3 Å². The summed E-state index contributed by atoms with van der Waals surface area (Å²) in [7, 11) is 0. The summed E-state index contributed by atoms with van der Waals surface area (Å²) in [6, 6.07) is 9.73. The van der Waals surface area contributed by atoms with E-state index in [1.807, 2.05) is 0 Å². The number of likely N-dealkylation sites (tertiary alicyclic amines) is 1. The van der Waals surface area contributed by atoms with Crippen LogP contribution >= 0.6 is 0 Å². The van der Waals surface area contributed by atoms with Crippen LogP contribution in [-0.2, 0) is 6.54 Å². The zero-order chi connectivity index (χ0) is 14.7. The summed E-state index contributed by atoms with van der Waals surface area (Å²) in [6.07, 6.45) is 6.88. The second-order valence-electron chi connectivity index (χ2n) is 7.24. The molecule has 2 heteroatoms. The lowest BCUT2D eigenvalue weighted by molar-refractivity contribution is 0.268. The molecule has 0 bridgehead atoms. The molecule has 116 valence electrons. The van der Waals surface area contributed by atoms with E-state index in [1.165, 1.54) is 56.4 Å². The molecule has 2 atom stereocenters. The van der Waals surface area contributed by atoms with Gasteiger partial charge in [0, 0.05) is 18.3 Å². The number of nitrogens with zero attached hydrogens (tertiary/aromatic N) is 1. The monoisotopic (exact) mass is 286 g/mol. The lowest BCUT2D eigenvalue weighted by atomic mass is 9.78. The van der Waals surface area contributed by atoms with Gasteiger partial charge in [-0.15, -0.1) is 0 Å². The van der Waals surface area contributed by atoms with E-state index in [4.69, 9.17) is 0 Å². The quantitative estimate of drug-likeness (QED) is 0.875. The molecule has 21 heavy (non-hydrogen) atoms. The maximum Gasteiger partial charge on any atom is 0.0345 e. The van der Waals surface area contributed by atoms with Gasteiger partial charge in [0.05, 0.1) is 0 Å². The van der Waals surface area contributed by atoms with Crippen molar-refractivity contribution in [1.29, 1.82) is 0 Å². The molecule has 3 rings (SSSR count). The predicted octanol–water partition coefficient (Wildman–Crippen LogP) is 4.52. The van der Waals surface area contributed by atoms with Crippen molar-refractivity contribution in [3.8, 4) is 0 Å². The molecular weight excluding hydrogens is 256 g/mol. The van der Waals surface area contributed by atoms with Crippen molar-refractivity contribution in [2.75, 3.05) is 18.4 Å². The first-order valence-corrected chi connectivity index (χ1v) is 8.80. The van der Waals surface area contributed by atoms with Crippen LogP contribution in [0.25, 0.3) is 0 Å². The van der Waals surface area contributed by atoms with Crippen molar-refractivity contribution in [3.05, 3.63) is 29.8 Å². The van der Waals surface area contributed by atoms with E-state index in [-0.39, 0.29) is 0 Å². The molecule has 1 saturated carbocycles. The van der Waals surface area contributed by atoms with Gasteiger partial charge in [0.1, 0.15) is 0 Å². The molecule has 2 unspecified atom stereocenters. The number of anilines is 1. The summed E-state index contributed by atoms with van der Waals surface area (Å²) in [5, 5.41) is 3.83. The number of hydrogen-bond acceptors (Lipinski definition) is 2. The largest absolute Gasteiger partial charge is 0.382 e. The first kappa shape index (κ1) is 14.9. The molecule has 1 aliphatic heterocycles. The van der Waals surface area contributed by atoms with Gasteiger partial charge < -0.3 is 5.32 Å². The van der Waals surface area contributed by atoms with Gasteiger partial charge in [0.25, 0.3) is 0 Å². The molecule has 1 aromatic rings. The number of rotatable bonds is 4. The van der Waals surface area contributed by atoms with Crippen molar-refractivity contribution in [3.63, 3.8) is 0 Å². The van der Waals surface area contributed by atoms with Gasteiger partial charge in [-0.1, -0.05) is 32.4 Å². The van der Waals surface area contributed by atoms with Crippen molar-refractivity contribution in [2.45, 2.75) is 58.5 Å². The first-order valence-electron chi connectivity index (χ1n) is 8.80. The second-order valence-corrected chi connectivity index (χ2v) is 7.24. The summed E-state index contributed by atoms with van der Waals surface area (Å²) in [5.74, 6) is 1.58. The molecule has 1 saturated heterocycles. The molecule has 1 heterocycles. The van der Waals surface area contributed by atoms with E-state index in [9.17, 15) is 0 Å². The summed E-state index contributed by atoms with van der Waals surface area (Å²) in [4.78, 5) is 2.57. The Hall–Kier alpha value is -1.02. The lowest BCUT2D eigenvalue weighted by Crippen LogP contribution is -2.37. The van der Waals surface area contributed by atoms with Gasteiger partial charge in [0.2, 0.25) is 0 Å². The molecule has 2 aliphatic rings. The average molecular weight is 286 g/mol. The topological polar surface area (TPSA) is 15.3 Å². The molecule has 0 amide bonds. The van der Waals surface area contributed by atoms with Crippen LogP contribution in [0.4, 0.5) is 5.69 Å². The minimum atomic E-state index is 0.640. The fourth-order valence-electron chi connectivity index (χ4n) is 4.12. The van der Waals surface area contributed by atoms with E-state index in [2.05, 4.69) is 48.3 Å². The van der Waals surface area contributed by atoms with E-state index in [1.54, 1.807) is 0 Å². The van der Waals surface area contributed by atoms with Gasteiger partial charge in [-0.3, -0.25) is 4.90 Å². The minimum Gasteiger partial charge on any atom is -0.382 e. The summed E-state index contributed by atoms with van der Waals surface area (Å²) >= 11 is 0. The number of benzene rings is 1. The Labute approximate surface area is 129 Å². The highest BCUT2D eigenvalue weighted by Crippen LogP contribution is 2.31. The van der Waals surface area contributed by atoms with Crippen molar-refractivity contribution in [1.82, 2.24) is 4.90 Å². The SMILES string of the molecule is CC1CCCC(C)C1Nc1cccc(CN2CCCC2)c1. The van der Waals surface area contributed by atoms with Crippen molar-refractivity contribution in [2.24, 2.45) is 11.8 Å². The third kappa shape index (κ3) is 3.79. The molecule has 2 nitrogen and oxygen atoms in total. The van der Waals surface area contributed by atoms with Crippen molar-refractivity contribution >= 4 is 5.69 Å². The smallest absolute Gasteiger partial charge is 0.0345 e. The molecule has 1 aliphatic carbocycles. The highest BCUT2D eigenvalue weighted by atomic mass is 15.1. The summed E-state index contributed by atoms with van der Waals surface area (Å²) in [6.45, 7) is 8.47. The van der Waals surface area contributed by atoms with Crippen LogP contribution in [0.15, 0.2) is 24.3 Å². The fraction of sp³-hybridized carbons (Fsp3) is 0.684. The zero-order valence-corrected chi connectivity index (χ0v) is 13.6. The third-order valence-corrected chi connectivity index (χ3v) is 5.41. The number of hydrogen-bond donors (Lipinski definition) is 1. The van der Waals surface area contributed by atoms with Crippen LogP contribution in [0.3, 0.4) is 0 Å². The zero-order valence-electron chi connectivity index (χ0n) is 13.6. The van der Waals surface area contributed by atoms with Crippen LogP contribution in [0, 0.1) is 11.8 Å². The Morgan fingerprint density at radius 2 is 1.76 bits per heavy atom. The van der Waals surface area contributed by atoms with E-state index in [0.29, 0.717) is 6.04 Å². The Kier molecular flexibility index (Phi) is 4.84. The maximum atomic E-state index is 3.83. The van der Waals surface area contributed by atoms with E-state index >= 15 is 0 Å². The van der Waals surface area contributed by atoms with Gasteiger partial charge in [0.15, 0.2) is 0 Å². The maximum absolute atomic E-state index is 3.83. The normalized spacial score (nSPS) is 30.5. The van der Waals surface area contributed by atoms with Gasteiger partial charge in [-0.2, -0.15) is 0 Å². The molecule has 1 N–H and O–H groups in total. The van der Waals surface area contributed by atoms with Crippen LogP contribution < -0.4 is 5.32 Å². The molecule has 1 aromatic carbocycles. The number of nitrogens with one attached hydrogen (secondary N) is 1. The Bertz CT molecular complexity index is 441. The lowest BCUT2D eigenvalue weighted by Gasteiger charge is -2.36. The summed E-state index contributed by atoms with van der Waals surface area (Å²) in [5.41, 5.74) is 2.77. The summed E-state index contributed by atoms with van der Waals surface area (Å²) < 4.78 is 0. The molecule has 2 fully saturated rings. The second kappa shape index (κ2) is 6.83. The Morgan fingerprint density at radius 3 is 2.48 bits per heavy atom. The van der Waals surface area contributed by atoms with Crippen LogP contribution in [0.5, 0.6) is 0 Å². The van der Waals surface area contributed by atoms with Crippen LogP contribution in [0.1, 0.15) is 51.5 Å². The van der Waals surface area contributed by atoms with Gasteiger partial charge in [-0.25, -0.2) is 0 Å². The Balaban J connectivity index is 1.64. The predicted molar refractivity (Wildman–Crippen MR) is 90.5 cm³/mol. The molecule has 0 spiro atoms. The first-order chi connectivity index (χ1) is 10.2. The van der Waals surface area contributed by atoms with Gasteiger partial charge >= 0.3 is 0 Å². The van der Waals surface area contributed by atoms with Crippen LogP contribution in [-0.4, -0.2) is 24.0 Å². The highest BCUT2D eigenvalue weighted by Gasteiger charge is 2.27. The van der Waals surface area contributed by atoms with Crippen LogP contribution in [0.2, 0.25) is 0 Å². The van der Waals surface area contributed by atoms with E-state index < -0.39 is 0 Å². The molecule has 0 radical (unpaired) electrons.